The maximum Gasteiger partial charge on any atom is 0.248 e. The van der Waals surface area contributed by atoms with E-state index in [1.807, 2.05) is 0 Å². The Morgan fingerprint density at radius 3 is 2.73 bits per heavy atom. The van der Waals surface area contributed by atoms with E-state index in [0.717, 1.165) is 6.04 Å². The standard InChI is InChI=1S/C7H15Cl2Si2/c1-2-4-10-5-3-6-11(8,9)7-10/h2-7H2,1H3. The van der Waals surface area contributed by atoms with Crippen molar-refractivity contribution in [2.24, 2.45) is 0 Å². The third-order valence-electron chi connectivity index (χ3n) is 2.19. The lowest BCUT2D eigenvalue weighted by Gasteiger charge is -2.27. The Morgan fingerprint density at radius 2 is 2.18 bits per heavy atom. The molecule has 1 radical (unpaired) electrons. The molecule has 0 aromatic heterocycles. The van der Waals surface area contributed by atoms with Crippen molar-refractivity contribution in [3.05, 3.63) is 0 Å². The molecule has 1 heterocycles. The number of rotatable bonds is 2. The summed E-state index contributed by atoms with van der Waals surface area (Å²) in [6.45, 7) is 0.561. The first kappa shape index (κ1) is 10.1. The van der Waals surface area contributed by atoms with Gasteiger partial charge >= 0.3 is 0 Å². The Hall–Kier alpha value is 1.01. The second-order valence-corrected chi connectivity index (χ2v) is 14.4. The molecule has 0 nitrogen and oxygen atoms in total. The summed E-state index contributed by atoms with van der Waals surface area (Å²) in [6, 6.07) is 4.04. The first-order valence-electron chi connectivity index (χ1n) is 4.35. The molecule has 0 saturated carbocycles. The van der Waals surface area contributed by atoms with Crippen LogP contribution in [0.3, 0.4) is 0 Å². The van der Waals surface area contributed by atoms with E-state index in [-0.39, 0.29) is 8.80 Å². The highest BCUT2D eigenvalue weighted by Crippen LogP contribution is 2.36. The molecular formula is C7H15Cl2Si2. The van der Waals surface area contributed by atoms with Gasteiger partial charge < -0.3 is 0 Å². The zero-order valence-corrected chi connectivity index (χ0v) is 10.5. The molecule has 0 spiro atoms. The molecule has 4 heteroatoms. The summed E-state index contributed by atoms with van der Waals surface area (Å²) >= 11 is 12.5. The lowest BCUT2D eigenvalue weighted by molar-refractivity contribution is 0.973. The van der Waals surface area contributed by atoms with Crippen LogP contribution in [0.1, 0.15) is 19.8 Å². The number of hydrogen-bond donors (Lipinski definition) is 0. The van der Waals surface area contributed by atoms with Crippen LogP contribution in [-0.4, -0.2) is 15.5 Å². The van der Waals surface area contributed by atoms with Gasteiger partial charge in [-0.15, -0.1) is 22.2 Å². The second-order valence-electron chi connectivity index (χ2n) is 3.39. The molecule has 0 aliphatic carbocycles. The van der Waals surface area contributed by atoms with Crippen molar-refractivity contribution in [2.45, 2.75) is 43.6 Å². The van der Waals surface area contributed by atoms with Gasteiger partial charge in [-0.2, -0.15) is 0 Å². The average molecular weight is 226 g/mol. The molecule has 1 rings (SSSR count). The summed E-state index contributed by atoms with van der Waals surface area (Å²) in [5.41, 5.74) is 1.24. The first-order valence-corrected chi connectivity index (χ1v) is 10.9. The number of halogens is 2. The highest BCUT2D eigenvalue weighted by Gasteiger charge is 2.35. The summed E-state index contributed by atoms with van der Waals surface area (Å²) in [5.74, 6) is 0. The number of hydrogen-bond acceptors (Lipinski definition) is 0. The van der Waals surface area contributed by atoms with Gasteiger partial charge in [0.1, 0.15) is 0 Å². The molecule has 0 aromatic rings. The Kier molecular flexibility index (Phi) is 3.95. The van der Waals surface area contributed by atoms with Gasteiger partial charge in [-0.3, -0.25) is 0 Å². The minimum atomic E-state index is -1.70. The molecule has 1 aliphatic rings. The van der Waals surface area contributed by atoms with Gasteiger partial charge in [0.15, 0.2) is 0 Å². The fourth-order valence-electron chi connectivity index (χ4n) is 1.71. The molecule has 65 valence electrons. The average Bonchev–Trinajstić information content (AvgIpc) is 1.85. The fourth-order valence-corrected chi connectivity index (χ4v) is 13.6. The van der Waals surface area contributed by atoms with Gasteiger partial charge in [-0.25, -0.2) is 0 Å². The van der Waals surface area contributed by atoms with Crippen LogP contribution in [0.25, 0.3) is 0 Å². The van der Waals surface area contributed by atoms with Crippen LogP contribution in [-0.2, 0) is 0 Å². The van der Waals surface area contributed by atoms with Crippen molar-refractivity contribution in [1.82, 2.24) is 0 Å². The van der Waals surface area contributed by atoms with Gasteiger partial charge in [0.2, 0.25) is 6.69 Å². The monoisotopic (exact) mass is 225 g/mol. The van der Waals surface area contributed by atoms with Crippen LogP contribution in [0.4, 0.5) is 0 Å². The molecule has 0 bridgehead atoms. The van der Waals surface area contributed by atoms with Crippen molar-refractivity contribution in [3.8, 4) is 0 Å². The summed E-state index contributed by atoms with van der Waals surface area (Å²) in [4.78, 5) is 0. The zero-order valence-electron chi connectivity index (χ0n) is 7.00. The van der Waals surface area contributed by atoms with Crippen LogP contribution >= 0.6 is 22.2 Å². The molecule has 0 unspecified atom stereocenters. The first-order chi connectivity index (χ1) is 5.14. The van der Waals surface area contributed by atoms with E-state index in [4.69, 9.17) is 22.2 Å². The normalized spacial score (nSPS) is 25.4. The van der Waals surface area contributed by atoms with E-state index < -0.39 is 6.69 Å². The highest BCUT2D eigenvalue weighted by molar-refractivity contribution is 7.47. The molecule has 0 aromatic carbocycles. The van der Waals surface area contributed by atoms with Crippen molar-refractivity contribution in [3.63, 3.8) is 0 Å². The van der Waals surface area contributed by atoms with Crippen LogP contribution in [0, 0.1) is 0 Å². The van der Waals surface area contributed by atoms with Crippen molar-refractivity contribution < 1.29 is 0 Å². The second kappa shape index (κ2) is 4.31. The lowest BCUT2D eigenvalue weighted by atomic mass is 10.6. The molecule has 1 aliphatic heterocycles. The molecule has 0 N–H and O–H groups in total. The van der Waals surface area contributed by atoms with Gasteiger partial charge in [-0.05, 0) is 11.7 Å². The lowest BCUT2D eigenvalue weighted by Crippen LogP contribution is -2.33. The van der Waals surface area contributed by atoms with E-state index in [2.05, 4.69) is 6.92 Å². The predicted octanol–water partition coefficient (Wildman–Crippen LogP) is 3.75. The molecule has 0 atom stereocenters. The smallest absolute Gasteiger partial charge is 0.146 e. The summed E-state index contributed by atoms with van der Waals surface area (Å²) in [7, 11) is -0.108. The van der Waals surface area contributed by atoms with Crippen molar-refractivity contribution in [1.29, 1.82) is 0 Å². The van der Waals surface area contributed by atoms with E-state index in [0.29, 0.717) is 0 Å². The third kappa shape index (κ3) is 3.49. The van der Waals surface area contributed by atoms with Crippen LogP contribution < -0.4 is 0 Å². The van der Waals surface area contributed by atoms with E-state index in [1.54, 1.807) is 0 Å². The van der Waals surface area contributed by atoms with Crippen LogP contribution in [0.15, 0.2) is 0 Å². The Morgan fingerprint density at radius 1 is 1.45 bits per heavy atom. The molecular weight excluding hydrogens is 211 g/mol. The molecule has 0 amide bonds. The fraction of sp³-hybridized carbons (Fsp3) is 1.00. The Balaban J connectivity index is 2.34. The van der Waals surface area contributed by atoms with Gasteiger partial charge in [0.25, 0.3) is 0 Å². The van der Waals surface area contributed by atoms with Crippen molar-refractivity contribution >= 4 is 37.6 Å². The van der Waals surface area contributed by atoms with E-state index >= 15 is 0 Å². The zero-order chi connectivity index (χ0) is 8.32. The maximum absolute atomic E-state index is 6.23. The van der Waals surface area contributed by atoms with Gasteiger partial charge in [0, 0.05) is 8.80 Å². The van der Waals surface area contributed by atoms with E-state index in [1.165, 1.54) is 30.6 Å². The minimum Gasteiger partial charge on any atom is -0.146 e. The predicted molar refractivity (Wildman–Crippen MR) is 57.4 cm³/mol. The molecule has 11 heavy (non-hydrogen) atoms. The third-order valence-corrected chi connectivity index (χ3v) is 13.1. The van der Waals surface area contributed by atoms with Crippen molar-refractivity contribution in [2.75, 3.05) is 0 Å². The maximum atomic E-state index is 6.23. The van der Waals surface area contributed by atoms with Gasteiger partial charge in [-0.1, -0.05) is 31.9 Å². The highest BCUT2D eigenvalue weighted by atomic mass is 35.7. The van der Waals surface area contributed by atoms with Crippen LogP contribution in [0.2, 0.25) is 23.8 Å². The molecule has 1 fully saturated rings. The van der Waals surface area contributed by atoms with Gasteiger partial charge in [0.05, 0.1) is 0 Å². The SMILES string of the molecule is CCC[Si]1CCC[Si](Cl)(Cl)C1. The Bertz CT molecular complexity index is 126. The summed E-state index contributed by atoms with van der Waals surface area (Å²) < 4.78 is 0. The molecule has 1 saturated heterocycles. The summed E-state index contributed by atoms with van der Waals surface area (Å²) in [6.07, 6.45) is 2.64. The largest absolute Gasteiger partial charge is 0.248 e. The van der Waals surface area contributed by atoms with Crippen LogP contribution in [0.5, 0.6) is 0 Å². The van der Waals surface area contributed by atoms with E-state index in [9.17, 15) is 0 Å². The quantitative estimate of drug-likeness (QED) is 0.497. The minimum absolute atomic E-state index is 0.108. The topological polar surface area (TPSA) is 0 Å². The summed E-state index contributed by atoms with van der Waals surface area (Å²) in [5, 5.41) is 0. The Labute approximate surface area is 81.3 Å².